The van der Waals surface area contributed by atoms with Crippen LogP contribution in [0.25, 0.3) is 0 Å². The monoisotopic (exact) mass is 284 g/mol. The summed E-state index contributed by atoms with van der Waals surface area (Å²) in [5.41, 5.74) is 0. The van der Waals surface area contributed by atoms with Crippen molar-refractivity contribution in [3.63, 3.8) is 0 Å². The Bertz CT molecular complexity index is 403. The average molecular weight is 284 g/mol. The van der Waals surface area contributed by atoms with Crippen molar-refractivity contribution in [1.29, 1.82) is 0 Å². The van der Waals surface area contributed by atoms with E-state index in [1.165, 1.54) is 9.91 Å². The van der Waals surface area contributed by atoms with Crippen LogP contribution in [0.1, 0.15) is 6.42 Å². The van der Waals surface area contributed by atoms with Crippen molar-refractivity contribution in [2.75, 3.05) is 46.9 Å². The number of amides is 3. The summed E-state index contributed by atoms with van der Waals surface area (Å²) in [5.74, 6) is -0.207. The molecule has 0 bridgehead atoms. The molecule has 0 N–H and O–H groups in total. The summed E-state index contributed by atoms with van der Waals surface area (Å²) in [6.45, 7) is 1.65. The number of carbonyl (C=O) groups excluding carboxylic acids is 3. The molecule has 2 fully saturated rings. The van der Waals surface area contributed by atoms with E-state index in [0.29, 0.717) is 26.1 Å². The van der Waals surface area contributed by atoms with E-state index >= 15 is 0 Å². The fraction of sp³-hybridized carbons (Fsp3) is 0.750. The Hall–Kier alpha value is -1.67. The molecule has 0 aromatic rings. The van der Waals surface area contributed by atoms with Gasteiger partial charge in [-0.15, -0.1) is 0 Å². The number of ether oxygens (including phenoxy) is 1. The lowest BCUT2D eigenvalue weighted by Crippen LogP contribution is -2.71. The topological polar surface area (TPSA) is 73.4 Å². The third-order valence-corrected chi connectivity index (χ3v) is 3.67. The zero-order valence-electron chi connectivity index (χ0n) is 11.8. The number of hydrogen-bond donors (Lipinski definition) is 0. The van der Waals surface area contributed by atoms with E-state index in [1.807, 2.05) is 0 Å². The predicted octanol–water partition coefficient (Wildman–Crippen LogP) is -1.66. The molecule has 2 aliphatic rings. The van der Waals surface area contributed by atoms with Crippen molar-refractivity contribution in [3.8, 4) is 0 Å². The van der Waals surface area contributed by atoms with Gasteiger partial charge in [-0.2, -0.15) is 0 Å². The van der Waals surface area contributed by atoms with Crippen LogP contribution in [0.15, 0.2) is 0 Å². The molecule has 0 aliphatic carbocycles. The highest BCUT2D eigenvalue weighted by atomic mass is 16.5. The number of methoxy groups -OCH3 is 1. The van der Waals surface area contributed by atoms with Crippen LogP contribution in [0.2, 0.25) is 0 Å². The van der Waals surface area contributed by atoms with Crippen molar-refractivity contribution in [2.45, 2.75) is 12.6 Å². The lowest BCUT2D eigenvalue weighted by Gasteiger charge is -2.50. The predicted molar refractivity (Wildman–Crippen MR) is 69.1 cm³/mol. The van der Waals surface area contributed by atoms with E-state index in [0.717, 1.165) is 6.42 Å². The van der Waals surface area contributed by atoms with Crippen LogP contribution < -0.4 is 0 Å². The van der Waals surface area contributed by atoms with Gasteiger partial charge in [-0.1, -0.05) is 0 Å². The Morgan fingerprint density at radius 2 is 2.05 bits per heavy atom. The fourth-order valence-corrected chi connectivity index (χ4v) is 2.59. The van der Waals surface area contributed by atoms with E-state index in [1.54, 1.807) is 24.1 Å². The van der Waals surface area contributed by atoms with Crippen molar-refractivity contribution in [1.82, 2.24) is 19.8 Å². The lowest BCUT2D eigenvalue weighted by molar-refractivity contribution is -0.188. The number of nitrogens with zero attached hydrogens (tertiary/aromatic N) is 4. The molecule has 0 saturated carbocycles. The van der Waals surface area contributed by atoms with Gasteiger partial charge in [0.05, 0.1) is 13.1 Å². The summed E-state index contributed by atoms with van der Waals surface area (Å²) in [6.07, 6.45) is 1.03. The minimum absolute atomic E-state index is 0.0364. The van der Waals surface area contributed by atoms with Crippen molar-refractivity contribution < 1.29 is 19.1 Å². The molecule has 0 aromatic carbocycles. The standard InChI is InChI=1S/C12H20N4O4/c1-13-7-12(19)15-8-11(18)14(4-3-5-20-2)6-10(15)16(13)9-17/h9-10H,3-8H2,1-2H3. The molecule has 8 nitrogen and oxygen atoms in total. The van der Waals surface area contributed by atoms with Crippen LogP contribution in [-0.4, -0.2) is 91.2 Å². The van der Waals surface area contributed by atoms with Crippen LogP contribution in [-0.2, 0) is 19.1 Å². The maximum atomic E-state index is 12.0. The highest BCUT2D eigenvalue weighted by Crippen LogP contribution is 2.19. The van der Waals surface area contributed by atoms with Crippen LogP contribution in [0.5, 0.6) is 0 Å². The third kappa shape index (κ3) is 2.75. The first kappa shape index (κ1) is 14.7. The Morgan fingerprint density at radius 1 is 1.30 bits per heavy atom. The summed E-state index contributed by atoms with van der Waals surface area (Å²) in [7, 11) is 3.30. The molecular weight excluding hydrogens is 264 g/mol. The lowest BCUT2D eigenvalue weighted by atomic mass is 10.2. The number of fused-ring (bicyclic) bond motifs is 1. The van der Waals surface area contributed by atoms with Crippen molar-refractivity contribution in [2.24, 2.45) is 0 Å². The number of carbonyl (C=O) groups is 3. The van der Waals surface area contributed by atoms with Gasteiger partial charge in [-0.3, -0.25) is 19.4 Å². The number of piperazine rings is 1. The van der Waals surface area contributed by atoms with Crippen LogP contribution >= 0.6 is 0 Å². The minimum atomic E-state index is -0.404. The zero-order chi connectivity index (χ0) is 14.7. The molecule has 2 saturated heterocycles. The van der Waals surface area contributed by atoms with Gasteiger partial charge < -0.3 is 14.5 Å². The van der Waals surface area contributed by atoms with Gasteiger partial charge in [0.15, 0.2) is 0 Å². The Kier molecular flexibility index (Phi) is 4.56. The SMILES string of the molecule is COCCCN1CC2N(CC1=O)C(=O)CN(C)N2C=O. The highest BCUT2D eigenvalue weighted by molar-refractivity contribution is 5.88. The quantitative estimate of drug-likeness (QED) is 0.446. The second kappa shape index (κ2) is 6.19. The number of rotatable bonds is 5. The average Bonchev–Trinajstić information content (AvgIpc) is 2.41. The summed E-state index contributed by atoms with van der Waals surface area (Å²) < 4.78 is 4.97. The van der Waals surface area contributed by atoms with Gasteiger partial charge in [0.2, 0.25) is 18.2 Å². The van der Waals surface area contributed by atoms with Gasteiger partial charge in [0.1, 0.15) is 12.7 Å². The molecule has 112 valence electrons. The summed E-state index contributed by atoms with van der Waals surface area (Å²) in [5, 5.41) is 3.05. The second-order valence-corrected chi connectivity index (χ2v) is 4.99. The molecule has 2 heterocycles. The zero-order valence-corrected chi connectivity index (χ0v) is 11.8. The van der Waals surface area contributed by atoms with E-state index < -0.39 is 6.17 Å². The third-order valence-electron chi connectivity index (χ3n) is 3.67. The number of likely N-dealkylation sites (N-methyl/N-ethyl adjacent to an activating group) is 1. The first-order valence-corrected chi connectivity index (χ1v) is 6.59. The highest BCUT2D eigenvalue weighted by Gasteiger charge is 2.42. The van der Waals surface area contributed by atoms with Gasteiger partial charge in [-0.05, 0) is 6.42 Å². The molecule has 1 unspecified atom stereocenters. The molecule has 8 heteroatoms. The van der Waals surface area contributed by atoms with Gasteiger partial charge in [0, 0.05) is 27.3 Å². The van der Waals surface area contributed by atoms with Crippen LogP contribution in [0, 0.1) is 0 Å². The van der Waals surface area contributed by atoms with Gasteiger partial charge in [0.25, 0.3) is 0 Å². The first-order chi connectivity index (χ1) is 9.58. The molecule has 20 heavy (non-hydrogen) atoms. The molecule has 0 radical (unpaired) electrons. The van der Waals surface area contributed by atoms with E-state index in [4.69, 9.17) is 4.74 Å². The number of hydrogen-bond acceptors (Lipinski definition) is 5. The minimum Gasteiger partial charge on any atom is -0.385 e. The summed E-state index contributed by atoms with van der Waals surface area (Å²) in [4.78, 5) is 38.4. The summed E-state index contributed by atoms with van der Waals surface area (Å²) in [6, 6.07) is 0. The molecule has 0 aromatic heterocycles. The fourth-order valence-electron chi connectivity index (χ4n) is 2.59. The van der Waals surface area contributed by atoms with E-state index in [-0.39, 0.29) is 24.9 Å². The Labute approximate surface area is 117 Å². The van der Waals surface area contributed by atoms with Crippen LogP contribution in [0.4, 0.5) is 0 Å². The number of hydrazine groups is 1. The second-order valence-electron chi connectivity index (χ2n) is 4.99. The largest absolute Gasteiger partial charge is 0.385 e. The van der Waals surface area contributed by atoms with Gasteiger partial charge >= 0.3 is 0 Å². The van der Waals surface area contributed by atoms with E-state index in [2.05, 4.69) is 0 Å². The molecule has 0 spiro atoms. The maximum Gasteiger partial charge on any atom is 0.242 e. The molecular formula is C12H20N4O4. The van der Waals surface area contributed by atoms with Gasteiger partial charge in [-0.25, -0.2) is 5.01 Å². The normalized spacial score (nSPS) is 24.1. The summed E-state index contributed by atoms with van der Waals surface area (Å²) >= 11 is 0. The molecule has 2 rings (SSSR count). The van der Waals surface area contributed by atoms with Crippen LogP contribution in [0.3, 0.4) is 0 Å². The Balaban J connectivity index is 2.07. The molecule has 2 aliphatic heterocycles. The Morgan fingerprint density at radius 3 is 2.70 bits per heavy atom. The smallest absolute Gasteiger partial charge is 0.242 e. The van der Waals surface area contributed by atoms with Crippen molar-refractivity contribution in [3.05, 3.63) is 0 Å². The molecule has 1 atom stereocenters. The maximum absolute atomic E-state index is 12.0. The van der Waals surface area contributed by atoms with Crippen molar-refractivity contribution >= 4 is 18.2 Å². The first-order valence-electron chi connectivity index (χ1n) is 6.59. The molecule has 3 amide bonds. The van der Waals surface area contributed by atoms with E-state index in [9.17, 15) is 14.4 Å².